The van der Waals surface area contributed by atoms with Gasteiger partial charge in [-0.15, -0.1) is 11.3 Å². The molecule has 1 aliphatic heterocycles. The van der Waals surface area contributed by atoms with Crippen LogP contribution in [0.2, 0.25) is 0 Å². The molecular weight excluding hydrogens is 414 g/mol. The molecule has 7 heteroatoms. The van der Waals surface area contributed by atoms with Crippen molar-refractivity contribution in [1.82, 2.24) is 9.29 Å². The van der Waals surface area contributed by atoms with Crippen molar-refractivity contribution in [2.24, 2.45) is 0 Å². The van der Waals surface area contributed by atoms with Gasteiger partial charge in [0.25, 0.3) is 0 Å². The zero-order valence-corrected chi connectivity index (χ0v) is 19.3. The molecule has 0 spiro atoms. The summed E-state index contributed by atoms with van der Waals surface area (Å²) in [6.07, 6.45) is 0.825. The van der Waals surface area contributed by atoms with Gasteiger partial charge in [-0.2, -0.15) is 4.31 Å². The molecule has 5 nitrogen and oxygen atoms in total. The highest BCUT2D eigenvalue weighted by atomic mass is 32.2. The van der Waals surface area contributed by atoms with Gasteiger partial charge in [-0.05, 0) is 49.6 Å². The monoisotopic (exact) mass is 441 g/mol. The van der Waals surface area contributed by atoms with Gasteiger partial charge in [0.2, 0.25) is 10.0 Å². The number of anilines is 1. The van der Waals surface area contributed by atoms with Gasteiger partial charge in [-0.1, -0.05) is 35.9 Å². The molecule has 0 N–H and O–H groups in total. The molecule has 1 aromatic heterocycles. The Bertz CT molecular complexity index is 1130. The highest BCUT2D eigenvalue weighted by Gasteiger charge is 2.29. The van der Waals surface area contributed by atoms with Crippen LogP contribution < -0.4 is 4.90 Å². The van der Waals surface area contributed by atoms with Gasteiger partial charge < -0.3 is 4.90 Å². The van der Waals surface area contributed by atoms with Crippen molar-refractivity contribution in [3.8, 4) is 0 Å². The normalized spacial score (nSPS) is 15.5. The van der Waals surface area contributed by atoms with Crippen molar-refractivity contribution < 1.29 is 8.42 Å². The van der Waals surface area contributed by atoms with E-state index in [4.69, 9.17) is 4.98 Å². The van der Waals surface area contributed by atoms with E-state index in [0.29, 0.717) is 31.1 Å². The van der Waals surface area contributed by atoms with E-state index in [2.05, 4.69) is 42.3 Å². The molecule has 0 unspecified atom stereocenters. The second-order valence-electron chi connectivity index (χ2n) is 7.86. The summed E-state index contributed by atoms with van der Waals surface area (Å²) in [6.45, 7) is 8.51. The van der Waals surface area contributed by atoms with Crippen LogP contribution in [0.25, 0.3) is 0 Å². The molecule has 2 aromatic carbocycles. The number of sulfonamides is 1. The third-order valence-electron chi connectivity index (χ3n) is 5.80. The maximum absolute atomic E-state index is 12.9. The van der Waals surface area contributed by atoms with Crippen molar-refractivity contribution in [3.05, 3.63) is 75.8 Å². The number of hydrogen-bond acceptors (Lipinski definition) is 5. The van der Waals surface area contributed by atoms with E-state index in [1.54, 1.807) is 27.8 Å². The lowest BCUT2D eigenvalue weighted by Gasteiger charge is -2.33. The standard InChI is InChI=1S/C23H27N3O2S2/c1-17-7-9-22(10-8-17)30(27,28)26-13-11-25(12-14-26)23-24-21(16-29-23)15-20-6-4-5-18(2)19(20)3/h4-10,16H,11-15H2,1-3H3. The van der Waals surface area contributed by atoms with Crippen LogP contribution in [0.4, 0.5) is 5.13 Å². The van der Waals surface area contributed by atoms with E-state index >= 15 is 0 Å². The van der Waals surface area contributed by atoms with Crippen LogP contribution in [0.15, 0.2) is 52.7 Å². The second kappa shape index (κ2) is 8.49. The molecule has 0 atom stereocenters. The zero-order valence-electron chi connectivity index (χ0n) is 17.6. The Hall–Kier alpha value is -2.22. The third-order valence-corrected chi connectivity index (χ3v) is 8.66. The number of aromatic nitrogens is 1. The summed E-state index contributed by atoms with van der Waals surface area (Å²) in [5, 5.41) is 3.09. The lowest BCUT2D eigenvalue weighted by molar-refractivity contribution is 0.384. The van der Waals surface area contributed by atoms with Crippen LogP contribution in [0, 0.1) is 20.8 Å². The molecule has 0 amide bonds. The van der Waals surface area contributed by atoms with Crippen LogP contribution in [0.5, 0.6) is 0 Å². The van der Waals surface area contributed by atoms with Gasteiger partial charge in [0, 0.05) is 38.0 Å². The average Bonchev–Trinajstić information content (AvgIpc) is 3.20. The number of rotatable bonds is 5. The molecular formula is C23H27N3O2S2. The van der Waals surface area contributed by atoms with Crippen molar-refractivity contribution in [1.29, 1.82) is 0 Å². The molecule has 0 radical (unpaired) electrons. The smallest absolute Gasteiger partial charge is 0.243 e. The molecule has 3 aromatic rings. The summed E-state index contributed by atoms with van der Waals surface area (Å²) in [4.78, 5) is 7.39. The van der Waals surface area contributed by atoms with Crippen LogP contribution in [-0.2, 0) is 16.4 Å². The Labute approximate surface area is 183 Å². The lowest BCUT2D eigenvalue weighted by Crippen LogP contribution is -2.48. The molecule has 2 heterocycles. The number of aryl methyl sites for hydroxylation is 2. The highest BCUT2D eigenvalue weighted by Crippen LogP contribution is 2.26. The van der Waals surface area contributed by atoms with Gasteiger partial charge in [-0.25, -0.2) is 13.4 Å². The first-order valence-electron chi connectivity index (χ1n) is 10.2. The zero-order chi connectivity index (χ0) is 21.3. The lowest BCUT2D eigenvalue weighted by atomic mass is 10.0. The summed E-state index contributed by atoms with van der Waals surface area (Å²) in [5.41, 5.74) is 6.05. The van der Waals surface area contributed by atoms with Crippen LogP contribution in [0.3, 0.4) is 0 Å². The molecule has 0 saturated carbocycles. The van der Waals surface area contributed by atoms with Crippen molar-refractivity contribution in [2.45, 2.75) is 32.1 Å². The topological polar surface area (TPSA) is 53.5 Å². The quantitative estimate of drug-likeness (QED) is 0.596. The number of piperazine rings is 1. The predicted octanol–water partition coefficient (Wildman–Crippen LogP) is 4.17. The summed E-state index contributed by atoms with van der Waals surface area (Å²) in [6, 6.07) is 13.5. The minimum absolute atomic E-state index is 0.367. The first-order valence-corrected chi connectivity index (χ1v) is 12.5. The fourth-order valence-corrected chi connectivity index (χ4v) is 6.00. The molecule has 30 heavy (non-hydrogen) atoms. The number of hydrogen-bond donors (Lipinski definition) is 0. The van der Waals surface area contributed by atoms with Gasteiger partial charge >= 0.3 is 0 Å². The Morgan fingerprint density at radius 2 is 1.67 bits per heavy atom. The minimum Gasteiger partial charge on any atom is -0.345 e. The summed E-state index contributed by atoms with van der Waals surface area (Å²) in [5.74, 6) is 0. The minimum atomic E-state index is -3.44. The number of thiazole rings is 1. The van der Waals surface area contributed by atoms with Gasteiger partial charge in [0.1, 0.15) is 0 Å². The maximum Gasteiger partial charge on any atom is 0.243 e. The Morgan fingerprint density at radius 1 is 0.967 bits per heavy atom. The molecule has 4 rings (SSSR count). The Balaban J connectivity index is 1.41. The van der Waals surface area contributed by atoms with Crippen LogP contribution >= 0.6 is 11.3 Å². The van der Waals surface area contributed by atoms with Crippen molar-refractivity contribution in [2.75, 3.05) is 31.1 Å². The molecule has 158 valence electrons. The van der Waals surface area contributed by atoms with Gasteiger partial charge in [0.15, 0.2) is 5.13 Å². The Morgan fingerprint density at radius 3 is 2.37 bits per heavy atom. The maximum atomic E-state index is 12.9. The highest BCUT2D eigenvalue weighted by molar-refractivity contribution is 7.89. The number of nitrogens with zero attached hydrogens (tertiary/aromatic N) is 3. The summed E-state index contributed by atoms with van der Waals surface area (Å²) < 4.78 is 27.4. The molecule has 1 aliphatic rings. The second-order valence-corrected chi connectivity index (χ2v) is 10.6. The first-order chi connectivity index (χ1) is 14.3. The first kappa shape index (κ1) is 21.0. The largest absolute Gasteiger partial charge is 0.345 e. The van der Waals surface area contributed by atoms with Gasteiger partial charge in [-0.3, -0.25) is 0 Å². The van der Waals surface area contributed by atoms with E-state index in [-0.39, 0.29) is 0 Å². The number of benzene rings is 2. The molecule has 0 bridgehead atoms. The van der Waals surface area contributed by atoms with E-state index < -0.39 is 10.0 Å². The fraction of sp³-hybridized carbons (Fsp3) is 0.348. The van der Waals surface area contributed by atoms with Gasteiger partial charge in [0.05, 0.1) is 10.6 Å². The van der Waals surface area contributed by atoms with Crippen LogP contribution in [-0.4, -0.2) is 43.9 Å². The van der Waals surface area contributed by atoms with Crippen LogP contribution in [0.1, 0.15) is 27.9 Å². The van der Waals surface area contributed by atoms with E-state index in [9.17, 15) is 8.42 Å². The SMILES string of the molecule is Cc1ccc(S(=O)(=O)N2CCN(c3nc(Cc4cccc(C)c4C)cs3)CC2)cc1. The molecule has 1 fully saturated rings. The Kier molecular flexibility index (Phi) is 5.95. The molecule has 1 saturated heterocycles. The summed E-state index contributed by atoms with van der Waals surface area (Å²) in [7, 11) is -3.44. The van der Waals surface area contributed by atoms with E-state index in [1.165, 1.54) is 16.7 Å². The average molecular weight is 442 g/mol. The van der Waals surface area contributed by atoms with Crippen molar-refractivity contribution in [3.63, 3.8) is 0 Å². The van der Waals surface area contributed by atoms with E-state index in [1.807, 2.05) is 19.1 Å². The third kappa shape index (κ3) is 4.29. The summed E-state index contributed by atoms with van der Waals surface area (Å²) >= 11 is 1.64. The predicted molar refractivity (Wildman–Crippen MR) is 123 cm³/mol. The molecule has 0 aliphatic carbocycles. The fourth-order valence-electron chi connectivity index (χ4n) is 3.70. The van der Waals surface area contributed by atoms with E-state index in [0.717, 1.165) is 22.8 Å². The van der Waals surface area contributed by atoms with Crippen molar-refractivity contribution >= 4 is 26.5 Å².